The number of benzene rings is 2. The number of amides is 1. The van der Waals surface area contributed by atoms with E-state index in [1.54, 1.807) is 23.5 Å². The number of aromatic amines is 1. The van der Waals surface area contributed by atoms with Crippen LogP contribution in [0.1, 0.15) is 30.3 Å². The van der Waals surface area contributed by atoms with Gasteiger partial charge in [0.2, 0.25) is 5.91 Å². The normalized spacial score (nSPS) is 12.2. The molecule has 3 aromatic rings. The zero-order valence-electron chi connectivity index (χ0n) is 15.7. The first-order valence-electron chi connectivity index (χ1n) is 9.08. The number of hydrogen-bond acceptors (Lipinski definition) is 4. The Kier molecular flexibility index (Phi) is 7.24. The molecule has 0 aliphatic rings. The number of nitrogens with one attached hydrogen (secondary N) is 2. The molecule has 27 heavy (non-hydrogen) atoms. The van der Waals surface area contributed by atoms with Gasteiger partial charge in [0.1, 0.15) is 5.82 Å². The number of rotatable bonds is 9. The van der Waals surface area contributed by atoms with Crippen molar-refractivity contribution in [2.45, 2.75) is 30.7 Å². The molecular weight excluding hydrogens is 374 g/mol. The van der Waals surface area contributed by atoms with Crippen molar-refractivity contribution in [2.75, 3.05) is 17.8 Å². The SMILES string of the molecule is CSCC[C@H](NC(=O)CCSc1ccc(C)cc1)c1nc2ccccc2[nH]1. The molecule has 0 saturated heterocycles. The van der Waals surface area contributed by atoms with Gasteiger partial charge in [-0.2, -0.15) is 11.8 Å². The summed E-state index contributed by atoms with van der Waals surface area (Å²) in [7, 11) is 0. The van der Waals surface area contributed by atoms with Gasteiger partial charge in [-0.1, -0.05) is 29.8 Å². The van der Waals surface area contributed by atoms with Crippen molar-refractivity contribution in [3.63, 3.8) is 0 Å². The molecule has 0 bridgehead atoms. The number of para-hydroxylation sites is 2. The maximum absolute atomic E-state index is 12.5. The smallest absolute Gasteiger partial charge is 0.221 e. The second kappa shape index (κ2) is 9.85. The van der Waals surface area contributed by atoms with Gasteiger partial charge < -0.3 is 10.3 Å². The topological polar surface area (TPSA) is 57.8 Å². The van der Waals surface area contributed by atoms with Gasteiger partial charge in [-0.25, -0.2) is 4.98 Å². The predicted molar refractivity (Wildman–Crippen MR) is 116 cm³/mol. The molecular formula is C21H25N3OS2. The van der Waals surface area contributed by atoms with E-state index in [9.17, 15) is 4.79 Å². The van der Waals surface area contributed by atoms with Crippen molar-refractivity contribution in [3.8, 4) is 0 Å². The molecule has 0 saturated carbocycles. The van der Waals surface area contributed by atoms with E-state index >= 15 is 0 Å². The average molecular weight is 400 g/mol. The molecule has 1 atom stereocenters. The molecule has 3 rings (SSSR count). The minimum Gasteiger partial charge on any atom is -0.346 e. The molecule has 0 unspecified atom stereocenters. The predicted octanol–water partition coefficient (Wildman–Crippen LogP) is 4.96. The molecule has 1 heterocycles. The maximum Gasteiger partial charge on any atom is 0.221 e. The molecule has 0 aliphatic carbocycles. The summed E-state index contributed by atoms with van der Waals surface area (Å²) in [5, 5.41) is 3.17. The summed E-state index contributed by atoms with van der Waals surface area (Å²) in [5.74, 6) is 2.65. The van der Waals surface area contributed by atoms with E-state index in [1.807, 2.05) is 24.3 Å². The van der Waals surface area contributed by atoms with Gasteiger partial charge in [-0.05, 0) is 49.6 Å². The van der Waals surface area contributed by atoms with Crippen LogP contribution in [0, 0.1) is 6.92 Å². The summed E-state index contributed by atoms with van der Waals surface area (Å²) < 4.78 is 0. The maximum atomic E-state index is 12.5. The van der Waals surface area contributed by atoms with E-state index in [-0.39, 0.29) is 11.9 Å². The number of aryl methyl sites for hydroxylation is 1. The number of fused-ring (bicyclic) bond motifs is 1. The fourth-order valence-electron chi connectivity index (χ4n) is 2.81. The highest BCUT2D eigenvalue weighted by atomic mass is 32.2. The first-order chi connectivity index (χ1) is 13.2. The van der Waals surface area contributed by atoms with Crippen molar-refractivity contribution in [1.29, 1.82) is 0 Å². The van der Waals surface area contributed by atoms with E-state index < -0.39 is 0 Å². The Bertz CT molecular complexity index is 844. The summed E-state index contributed by atoms with van der Waals surface area (Å²) in [6, 6.07) is 16.3. The Balaban J connectivity index is 1.58. The second-order valence-corrected chi connectivity index (χ2v) is 8.61. The molecule has 142 valence electrons. The highest BCUT2D eigenvalue weighted by molar-refractivity contribution is 7.99. The molecule has 4 nitrogen and oxygen atoms in total. The number of nitrogens with zero attached hydrogens (tertiary/aromatic N) is 1. The summed E-state index contributed by atoms with van der Waals surface area (Å²) >= 11 is 3.49. The number of carbonyl (C=O) groups excluding carboxylic acids is 1. The molecule has 6 heteroatoms. The lowest BCUT2D eigenvalue weighted by molar-refractivity contribution is -0.121. The van der Waals surface area contributed by atoms with Gasteiger partial charge in [-0.3, -0.25) is 4.79 Å². The van der Waals surface area contributed by atoms with Crippen molar-refractivity contribution in [3.05, 3.63) is 59.9 Å². The lowest BCUT2D eigenvalue weighted by Crippen LogP contribution is -2.30. The Morgan fingerprint density at radius 2 is 1.93 bits per heavy atom. The van der Waals surface area contributed by atoms with Crippen molar-refractivity contribution >= 4 is 40.5 Å². The zero-order chi connectivity index (χ0) is 19.1. The van der Waals surface area contributed by atoms with Crippen LogP contribution in [0.15, 0.2) is 53.4 Å². The molecule has 2 aromatic carbocycles. The molecule has 0 spiro atoms. The lowest BCUT2D eigenvalue weighted by atomic mass is 10.2. The quantitative estimate of drug-likeness (QED) is 0.499. The molecule has 2 N–H and O–H groups in total. The van der Waals surface area contributed by atoms with Gasteiger partial charge in [0, 0.05) is 17.1 Å². The number of aromatic nitrogens is 2. The lowest BCUT2D eigenvalue weighted by Gasteiger charge is -2.16. The van der Waals surface area contributed by atoms with E-state index in [4.69, 9.17) is 0 Å². The van der Waals surface area contributed by atoms with Gasteiger partial charge in [0.25, 0.3) is 0 Å². The highest BCUT2D eigenvalue weighted by Gasteiger charge is 2.18. The fraction of sp³-hybridized carbons (Fsp3) is 0.333. The summed E-state index contributed by atoms with van der Waals surface area (Å²) in [6.07, 6.45) is 3.43. The van der Waals surface area contributed by atoms with E-state index in [0.717, 1.165) is 34.8 Å². The zero-order valence-corrected chi connectivity index (χ0v) is 17.3. The van der Waals surface area contributed by atoms with E-state index in [0.29, 0.717) is 6.42 Å². The van der Waals surface area contributed by atoms with Gasteiger partial charge in [-0.15, -0.1) is 11.8 Å². The first kappa shape index (κ1) is 19.8. The standard InChI is InChI=1S/C21H25N3OS2/c1-15-7-9-16(10-8-15)27-14-12-20(25)22-19(11-13-26-2)21-23-17-5-3-4-6-18(17)24-21/h3-10,19H,11-14H2,1-2H3,(H,22,25)(H,23,24)/t19-/m0/s1. The summed E-state index contributed by atoms with van der Waals surface area (Å²) in [5.41, 5.74) is 3.19. The first-order valence-corrected chi connectivity index (χ1v) is 11.5. The van der Waals surface area contributed by atoms with Crippen LogP contribution in [0.25, 0.3) is 11.0 Å². The summed E-state index contributed by atoms with van der Waals surface area (Å²) in [4.78, 5) is 21.7. The molecule has 0 aliphatic heterocycles. The average Bonchev–Trinajstić information content (AvgIpc) is 3.11. The van der Waals surface area contributed by atoms with Gasteiger partial charge in [0.05, 0.1) is 17.1 Å². The Morgan fingerprint density at radius 1 is 1.15 bits per heavy atom. The van der Waals surface area contributed by atoms with Crippen LogP contribution in [0.4, 0.5) is 0 Å². The third kappa shape index (κ3) is 5.78. The van der Waals surface area contributed by atoms with Crippen LogP contribution in [0.5, 0.6) is 0 Å². The van der Waals surface area contributed by atoms with Gasteiger partial charge in [0.15, 0.2) is 0 Å². The third-order valence-electron chi connectivity index (χ3n) is 4.30. The summed E-state index contributed by atoms with van der Waals surface area (Å²) in [6.45, 7) is 2.08. The van der Waals surface area contributed by atoms with Crippen LogP contribution >= 0.6 is 23.5 Å². The largest absolute Gasteiger partial charge is 0.346 e. The Labute approximate surface area is 168 Å². The van der Waals surface area contributed by atoms with Crippen molar-refractivity contribution in [2.24, 2.45) is 0 Å². The number of carbonyl (C=O) groups is 1. The van der Waals surface area contributed by atoms with Crippen LogP contribution in [0.3, 0.4) is 0 Å². The van der Waals surface area contributed by atoms with Crippen molar-refractivity contribution in [1.82, 2.24) is 15.3 Å². The van der Waals surface area contributed by atoms with Crippen LogP contribution in [0.2, 0.25) is 0 Å². The van der Waals surface area contributed by atoms with Crippen LogP contribution < -0.4 is 5.32 Å². The minimum absolute atomic E-state index is 0.0705. The highest BCUT2D eigenvalue weighted by Crippen LogP contribution is 2.22. The second-order valence-electron chi connectivity index (χ2n) is 6.45. The Hall–Kier alpha value is -1.92. The molecule has 1 amide bonds. The number of hydrogen-bond donors (Lipinski definition) is 2. The van der Waals surface area contributed by atoms with Crippen LogP contribution in [-0.2, 0) is 4.79 Å². The molecule has 0 radical (unpaired) electrons. The van der Waals surface area contributed by atoms with Crippen LogP contribution in [-0.4, -0.2) is 33.6 Å². The van der Waals surface area contributed by atoms with E-state index in [1.165, 1.54) is 10.5 Å². The monoisotopic (exact) mass is 399 g/mol. The molecule has 0 fully saturated rings. The Morgan fingerprint density at radius 3 is 2.67 bits per heavy atom. The third-order valence-corrected chi connectivity index (χ3v) is 5.96. The minimum atomic E-state index is -0.0817. The number of thioether (sulfide) groups is 2. The van der Waals surface area contributed by atoms with Gasteiger partial charge >= 0.3 is 0 Å². The number of H-pyrrole nitrogens is 1. The van der Waals surface area contributed by atoms with E-state index in [2.05, 4.69) is 52.7 Å². The molecule has 1 aromatic heterocycles. The fourth-order valence-corrected chi connectivity index (χ4v) is 4.14. The number of imidazole rings is 1. The van der Waals surface area contributed by atoms with Crippen molar-refractivity contribution < 1.29 is 4.79 Å².